The lowest BCUT2D eigenvalue weighted by atomic mass is 9.97. The molecule has 2 heterocycles. The zero-order chi connectivity index (χ0) is 32.2. The lowest BCUT2D eigenvalue weighted by Crippen LogP contribution is -2.00. The molecule has 8 aromatic rings. The van der Waals surface area contributed by atoms with Gasteiger partial charge in [0.05, 0.1) is 45.5 Å². The molecule has 6 aromatic carbocycles. The van der Waals surface area contributed by atoms with Crippen LogP contribution in [0.1, 0.15) is 28.8 Å². The number of fused-ring (bicyclic) bond motifs is 6. The summed E-state index contributed by atoms with van der Waals surface area (Å²) in [4.78, 5) is 0. The summed E-state index contributed by atoms with van der Waals surface area (Å²) in [5.41, 5.74) is 13.5. The van der Waals surface area contributed by atoms with Gasteiger partial charge in [0.15, 0.2) is 0 Å². The van der Waals surface area contributed by atoms with Gasteiger partial charge in [-0.15, -0.1) is 0 Å². The van der Waals surface area contributed by atoms with Crippen LogP contribution in [-0.4, -0.2) is 9.13 Å². The van der Waals surface area contributed by atoms with E-state index < -0.39 is 0 Å². The number of aryl methyl sites for hydroxylation is 1. The van der Waals surface area contributed by atoms with Gasteiger partial charge in [0.25, 0.3) is 0 Å². The molecule has 4 heteroatoms. The predicted molar refractivity (Wildman–Crippen MR) is 195 cm³/mol. The Morgan fingerprint density at radius 3 is 2.10 bits per heavy atom. The summed E-state index contributed by atoms with van der Waals surface area (Å²) in [7, 11) is 0. The number of para-hydroxylation sites is 2. The van der Waals surface area contributed by atoms with E-state index >= 15 is 0 Å². The first-order valence-electron chi connectivity index (χ1n) is 16.2. The summed E-state index contributed by atoms with van der Waals surface area (Å²) in [5.74, 6) is 0. The van der Waals surface area contributed by atoms with Gasteiger partial charge in [-0.1, -0.05) is 84.9 Å². The van der Waals surface area contributed by atoms with Gasteiger partial charge in [-0.3, -0.25) is 0 Å². The summed E-state index contributed by atoms with van der Waals surface area (Å²) in [5, 5.41) is 23.1. The van der Waals surface area contributed by atoms with Crippen molar-refractivity contribution in [1.29, 1.82) is 10.5 Å². The molecule has 0 bridgehead atoms. The molecule has 0 saturated carbocycles. The Hall–Kier alpha value is -6.62. The molecule has 9 rings (SSSR count). The molecule has 0 unspecified atom stereocenters. The first-order chi connectivity index (χ1) is 23.7. The van der Waals surface area contributed by atoms with Crippen LogP contribution < -0.4 is 0 Å². The number of aromatic nitrogens is 2. The molecule has 224 valence electrons. The fourth-order valence-corrected chi connectivity index (χ4v) is 7.54. The van der Waals surface area contributed by atoms with Gasteiger partial charge in [0.1, 0.15) is 0 Å². The summed E-state index contributed by atoms with van der Waals surface area (Å²) >= 11 is 0. The molecule has 0 N–H and O–H groups in total. The molecule has 0 aliphatic heterocycles. The Kier molecular flexibility index (Phi) is 6.35. The van der Waals surface area contributed by atoms with Gasteiger partial charge in [0, 0.05) is 33.1 Å². The highest BCUT2D eigenvalue weighted by molar-refractivity contribution is 6.12. The fourth-order valence-electron chi connectivity index (χ4n) is 7.54. The highest BCUT2D eigenvalue weighted by Crippen LogP contribution is 2.39. The molecular weight excluding hydrogens is 585 g/mol. The summed E-state index contributed by atoms with van der Waals surface area (Å²) < 4.78 is 4.61. The second-order valence-electron chi connectivity index (χ2n) is 12.3. The minimum Gasteiger partial charge on any atom is -0.310 e. The largest absolute Gasteiger partial charge is 0.310 e. The predicted octanol–water partition coefficient (Wildman–Crippen LogP) is 10.8. The topological polar surface area (TPSA) is 57.4 Å². The van der Waals surface area contributed by atoms with E-state index in [2.05, 4.69) is 124 Å². The molecule has 0 amide bonds. The van der Waals surface area contributed by atoms with Crippen LogP contribution in [0.5, 0.6) is 0 Å². The van der Waals surface area contributed by atoms with Gasteiger partial charge in [-0.2, -0.15) is 10.5 Å². The number of hydrogen-bond acceptors (Lipinski definition) is 2. The van der Waals surface area contributed by atoms with E-state index in [0.29, 0.717) is 11.1 Å². The van der Waals surface area contributed by atoms with Crippen LogP contribution >= 0.6 is 0 Å². The second-order valence-corrected chi connectivity index (χ2v) is 12.3. The van der Waals surface area contributed by atoms with Crippen LogP contribution in [0.25, 0.3) is 72.4 Å². The average molecular weight is 613 g/mol. The van der Waals surface area contributed by atoms with Crippen molar-refractivity contribution in [2.45, 2.75) is 12.8 Å². The SMILES string of the molecule is N#Cc1ccc(-n2c3ccccc3c3c(C#N)cccc32)c(-c2ccc(-c3cccc(-n4c5c(c6ccccc64)CCC=C5)c3)cc2)c1. The Bertz CT molecular complexity index is 2690. The van der Waals surface area contributed by atoms with Crippen LogP contribution in [0.3, 0.4) is 0 Å². The van der Waals surface area contributed by atoms with E-state index in [0.717, 1.165) is 68.3 Å². The van der Waals surface area contributed by atoms with Crippen molar-refractivity contribution in [2.24, 2.45) is 0 Å². The van der Waals surface area contributed by atoms with E-state index in [-0.39, 0.29) is 0 Å². The maximum absolute atomic E-state index is 9.97. The highest BCUT2D eigenvalue weighted by Gasteiger charge is 2.20. The van der Waals surface area contributed by atoms with Crippen molar-refractivity contribution in [1.82, 2.24) is 9.13 Å². The van der Waals surface area contributed by atoms with Crippen LogP contribution in [-0.2, 0) is 6.42 Å². The summed E-state index contributed by atoms with van der Waals surface area (Å²) in [6, 6.07) is 50.8. The Balaban J connectivity index is 1.17. The number of rotatable bonds is 4. The second kappa shape index (κ2) is 11.0. The van der Waals surface area contributed by atoms with Crippen LogP contribution in [0.4, 0.5) is 0 Å². The van der Waals surface area contributed by atoms with E-state index in [9.17, 15) is 10.5 Å². The molecule has 1 aliphatic carbocycles. The molecule has 0 atom stereocenters. The standard InChI is InChI=1S/C44H28N4/c45-27-29-19-24-42(48-41-17-6-3-14-37(41)44-33(28-46)10-8-18-43(44)48)38(25-29)31-22-20-30(21-23-31)32-9-7-11-34(26-32)47-39-15-4-1-12-35(39)36-13-2-5-16-40(36)47/h1,3-12,14-26H,2,13H2. The van der Waals surface area contributed by atoms with E-state index in [1.165, 1.54) is 22.2 Å². The first-order valence-corrected chi connectivity index (χ1v) is 16.2. The third kappa shape index (κ3) is 4.21. The van der Waals surface area contributed by atoms with E-state index in [4.69, 9.17) is 0 Å². The Morgan fingerprint density at radius 2 is 1.29 bits per heavy atom. The molecule has 0 radical (unpaired) electrons. The molecule has 48 heavy (non-hydrogen) atoms. The summed E-state index contributed by atoms with van der Waals surface area (Å²) in [6.07, 6.45) is 6.68. The molecule has 0 saturated heterocycles. The average Bonchev–Trinajstić information content (AvgIpc) is 3.68. The maximum Gasteiger partial charge on any atom is 0.0998 e. The third-order valence-corrected chi connectivity index (χ3v) is 9.68. The lowest BCUT2D eigenvalue weighted by Gasteiger charge is -2.15. The van der Waals surface area contributed by atoms with Gasteiger partial charge >= 0.3 is 0 Å². The third-order valence-electron chi connectivity index (χ3n) is 9.68. The van der Waals surface area contributed by atoms with Crippen molar-refractivity contribution in [3.8, 4) is 45.8 Å². The maximum atomic E-state index is 9.97. The Labute approximate surface area is 278 Å². The Morgan fingerprint density at radius 1 is 0.562 bits per heavy atom. The normalized spacial score (nSPS) is 12.3. The quantitative estimate of drug-likeness (QED) is 0.199. The molecule has 2 aromatic heterocycles. The van der Waals surface area contributed by atoms with Crippen molar-refractivity contribution in [2.75, 3.05) is 0 Å². The number of benzene rings is 6. The summed E-state index contributed by atoms with van der Waals surface area (Å²) in [6.45, 7) is 0. The van der Waals surface area contributed by atoms with Crippen LogP contribution in [0.2, 0.25) is 0 Å². The zero-order valence-corrected chi connectivity index (χ0v) is 26.1. The molecule has 0 fully saturated rings. The van der Waals surface area contributed by atoms with Crippen molar-refractivity contribution in [3.05, 3.63) is 162 Å². The first kappa shape index (κ1) is 27.7. The molecule has 1 aliphatic rings. The minimum absolute atomic E-state index is 0.598. The number of allylic oxidation sites excluding steroid dienone is 1. The molecular formula is C44H28N4. The molecule has 0 spiro atoms. The fraction of sp³-hybridized carbons (Fsp3) is 0.0455. The van der Waals surface area contributed by atoms with Gasteiger partial charge < -0.3 is 9.13 Å². The van der Waals surface area contributed by atoms with Crippen molar-refractivity contribution < 1.29 is 0 Å². The number of nitrogens with zero attached hydrogens (tertiary/aromatic N) is 4. The van der Waals surface area contributed by atoms with Gasteiger partial charge in [0.2, 0.25) is 0 Å². The van der Waals surface area contributed by atoms with Gasteiger partial charge in [-0.25, -0.2) is 0 Å². The highest BCUT2D eigenvalue weighted by atomic mass is 15.0. The minimum atomic E-state index is 0.598. The smallest absolute Gasteiger partial charge is 0.0998 e. The monoisotopic (exact) mass is 612 g/mol. The van der Waals surface area contributed by atoms with Crippen LogP contribution in [0.15, 0.2) is 140 Å². The van der Waals surface area contributed by atoms with E-state index in [1.807, 2.05) is 42.5 Å². The lowest BCUT2D eigenvalue weighted by molar-refractivity contribution is 0.968. The zero-order valence-electron chi connectivity index (χ0n) is 26.1. The number of hydrogen-bond donors (Lipinski definition) is 0. The van der Waals surface area contributed by atoms with Gasteiger partial charge in [-0.05, 0) is 95.8 Å². The van der Waals surface area contributed by atoms with Crippen molar-refractivity contribution in [3.63, 3.8) is 0 Å². The molecule has 4 nitrogen and oxygen atoms in total. The van der Waals surface area contributed by atoms with Crippen LogP contribution in [0, 0.1) is 22.7 Å². The van der Waals surface area contributed by atoms with E-state index in [1.54, 1.807) is 0 Å². The van der Waals surface area contributed by atoms with Crippen molar-refractivity contribution >= 4 is 38.8 Å². The number of nitriles is 2.